The van der Waals surface area contributed by atoms with Gasteiger partial charge in [-0.15, -0.1) is 0 Å². The molecular formula is C19H22N4O2. The van der Waals surface area contributed by atoms with Crippen LogP contribution in [0.3, 0.4) is 0 Å². The molecule has 2 aromatic rings. The molecule has 1 fully saturated rings. The number of pyridine rings is 1. The number of rotatable bonds is 5. The van der Waals surface area contributed by atoms with Crippen LogP contribution in [0.5, 0.6) is 0 Å². The van der Waals surface area contributed by atoms with Crippen molar-refractivity contribution in [2.75, 3.05) is 10.6 Å². The van der Waals surface area contributed by atoms with Crippen molar-refractivity contribution in [3.8, 4) is 0 Å². The van der Waals surface area contributed by atoms with Gasteiger partial charge in [0, 0.05) is 36.2 Å². The van der Waals surface area contributed by atoms with Crippen molar-refractivity contribution in [1.82, 2.24) is 10.3 Å². The average molecular weight is 338 g/mol. The summed E-state index contributed by atoms with van der Waals surface area (Å²) < 4.78 is 0. The summed E-state index contributed by atoms with van der Waals surface area (Å²) in [5.74, 6) is -0.255. The summed E-state index contributed by atoms with van der Waals surface area (Å²) in [4.78, 5) is 27.7. The molecule has 1 aliphatic carbocycles. The zero-order valence-electron chi connectivity index (χ0n) is 14.2. The minimum absolute atomic E-state index is 0.119. The molecule has 1 aromatic carbocycles. The third-order valence-electron chi connectivity index (χ3n) is 4.15. The highest BCUT2D eigenvalue weighted by atomic mass is 16.2. The van der Waals surface area contributed by atoms with Crippen LogP contribution in [0, 0.1) is 0 Å². The molecule has 0 spiro atoms. The zero-order valence-corrected chi connectivity index (χ0v) is 14.2. The summed E-state index contributed by atoms with van der Waals surface area (Å²) in [5, 5.41) is 9.02. The molecule has 1 saturated carbocycles. The number of aromatic nitrogens is 1. The van der Waals surface area contributed by atoms with Gasteiger partial charge in [-0.2, -0.15) is 0 Å². The van der Waals surface area contributed by atoms with Crippen LogP contribution in [-0.4, -0.2) is 22.8 Å². The Hall–Kier alpha value is -2.89. The van der Waals surface area contributed by atoms with Gasteiger partial charge in [-0.25, -0.2) is 0 Å². The lowest BCUT2D eigenvalue weighted by atomic mass is 10.2. The lowest BCUT2D eigenvalue weighted by Crippen LogP contribution is -2.33. The van der Waals surface area contributed by atoms with E-state index in [1.165, 1.54) is 19.8 Å². The van der Waals surface area contributed by atoms with E-state index in [1.54, 1.807) is 18.3 Å². The summed E-state index contributed by atoms with van der Waals surface area (Å²) in [7, 11) is 0. The molecule has 6 nitrogen and oxygen atoms in total. The Morgan fingerprint density at radius 1 is 1.04 bits per heavy atom. The van der Waals surface area contributed by atoms with Gasteiger partial charge in [-0.3, -0.25) is 14.6 Å². The molecule has 0 aliphatic heterocycles. The van der Waals surface area contributed by atoms with Crippen LogP contribution < -0.4 is 16.0 Å². The fraction of sp³-hybridized carbons (Fsp3) is 0.316. The van der Waals surface area contributed by atoms with Crippen molar-refractivity contribution in [3.05, 3.63) is 48.3 Å². The predicted octanol–water partition coefficient (Wildman–Crippen LogP) is 3.46. The quantitative estimate of drug-likeness (QED) is 0.780. The van der Waals surface area contributed by atoms with E-state index in [0.717, 1.165) is 24.2 Å². The van der Waals surface area contributed by atoms with Gasteiger partial charge in [0.15, 0.2) is 0 Å². The summed E-state index contributed by atoms with van der Waals surface area (Å²) in [6.45, 7) is 1.47. The fourth-order valence-corrected chi connectivity index (χ4v) is 3.01. The molecule has 0 unspecified atom stereocenters. The molecule has 3 rings (SSSR count). The summed E-state index contributed by atoms with van der Waals surface area (Å²) >= 11 is 0. The van der Waals surface area contributed by atoms with E-state index in [9.17, 15) is 9.59 Å². The number of nitrogens with one attached hydrogen (secondary N) is 3. The molecule has 2 amide bonds. The first kappa shape index (κ1) is 17.0. The standard InChI is InChI=1S/C19H22N4O2/c1-13(24)21-15-7-4-8-16(11-15)22-17-9-10-20-18(12-17)19(25)23-14-5-2-3-6-14/h4,7-12,14H,2-3,5-6H2,1H3,(H,20,22)(H,21,24)(H,23,25). The number of hydrogen-bond acceptors (Lipinski definition) is 4. The number of carbonyl (C=O) groups is 2. The van der Waals surface area contributed by atoms with Gasteiger partial charge in [-0.05, 0) is 43.2 Å². The van der Waals surface area contributed by atoms with E-state index in [1.807, 2.05) is 24.3 Å². The summed E-state index contributed by atoms with van der Waals surface area (Å²) in [6.07, 6.45) is 6.04. The van der Waals surface area contributed by atoms with Gasteiger partial charge in [-0.1, -0.05) is 18.9 Å². The molecule has 1 heterocycles. The SMILES string of the molecule is CC(=O)Nc1cccc(Nc2ccnc(C(=O)NC3CCCC3)c2)c1. The molecule has 3 N–H and O–H groups in total. The molecule has 0 saturated heterocycles. The van der Waals surface area contributed by atoms with Crippen LogP contribution in [0.2, 0.25) is 0 Å². The third-order valence-corrected chi connectivity index (χ3v) is 4.15. The Balaban J connectivity index is 1.69. The molecule has 25 heavy (non-hydrogen) atoms. The second kappa shape index (κ2) is 7.79. The maximum Gasteiger partial charge on any atom is 0.270 e. The van der Waals surface area contributed by atoms with E-state index in [4.69, 9.17) is 0 Å². The van der Waals surface area contributed by atoms with Crippen molar-refractivity contribution in [1.29, 1.82) is 0 Å². The van der Waals surface area contributed by atoms with Gasteiger partial charge in [0.25, 0.3) is 5.91 Å². The zero-order chi connectivity index (χ0) is 17.6. The minimum atomic E-state index is -0.137. The van der Waals surface area contributed by atoms with Crippen LogP contribution in [0.25, 0.3) is 0 Å². The number of amides is 2. The Morgan fingerprint density at radius 3 is 2.52 bits per heavy atom. The van der Waals surface area contributed by atoms with Crippen LogP contribution in [0.15, 0.2) is 42.6 Å². The second-order valence-electron chi connectivity index (χ2n) is 6.27. The van der Waals surface area contributed by atoms with Gasteiger partial charge < -0.3 is 16.0 Å². The highest BCUT2D eigenvalue weighted by Gasteiger charge is 2.18. The van der Waals surface area contributed by atoms with Gasteiger partial charge in [0.2, 0.25) is 5.91 Å². The van der Waals surface area contributed by atoms with E-state index in [-0.39, 0.29) is 17.9 Å². The lowest BCUT2D eigenvalue weighted by molar-refractivity contribution is -0.114. The number of hydrogen-bond donors (Lipinski definition) is 3. The molecule has 1 aliphatic rings. The Kier molecular flexibility index (Phi) is 5.28. The number of carbonyl (C=O) groups excluding carboxylic acids is 2. The summed E-state index contributed by atoms with van der Waals surface area (Å²) in [5.41, 5.74) is 2.70. The molecule has 0 atom stereocenters. The van der Waals surface area contributed by atoms with Crippen molar-refractivity contribution < 1.29 is 9.59 Å². The highest BCUT2D eigenvalue weighted by molar-refractivity contribution is 5.93. The number of nitrogens with zero attached hydrogens (tertiary/aromatic N) is 1. The average Bonchev–Trinajstić information content (AvgIpc) is 3.08. The third kappa shape index (κ3) is 4.79. The first-order chi connectivity index (χ1) is 12.1. The van der Waals surface area contributed by atoms with Gasteiger partial charge in [0.05, 0.1) is 0 Å². The minimum Gasteiger partial charge on any atom is -0.355 e. The Labute approximate surface area is 147 Å². The normalized spacial score (nSPS) is 14.1. The van der Waals surface area contributed by atoms with Crippen molar-refractivity contribution in [2.24, 2.45) is 0 Å². The fourth-order valence-electron chi connectivity index (χ4n) is 3.01. The highest BCUT2D eigenvalue weighted by Crippen LogP contribution is 2.21. The van der Waals surface area contributed by atoms with Crippen molar-refractivity contribution in [3.63, 3.8) is 0 Å². The van der Waals surface area contributed by atoms with Gasteiger partial charge in [0.1, 0.15) is 5.69 Å². The molecule has 6 heteroatoms. The number of anilines is 3. The van der Waals surface area contributed by atoms with Crippen LogP contribution >= 0.6 is 0 Å². The first-order valence-corrected chi connectivity index (χ1v) is 8.52. The van der Waals surface area contributed by atoms with Crippen LogP contribution in [0.4, 0.5) is 17.1 Å². The molecular weight excluding hydrogens is 316 g/mol. The van der Waals surface area contributed by atoms with Gasteiger partial charge >= 0.3 is 0 Å². The van der Waals surface area contributed by atoms with E-state index >= 15 is 0 Å². The molecule has 1 aromatic heterocycles. The first-order valence-electron chi connectivity index (χ1n) is 8.52. The monoisotopic (exact) mass is 338 g/mol. The maximum absolute atomic E-state index is 12.3. The number of benzene rings is 1. The van der Waals surface area contributed by atoms with E-state index in [2.05, 4.69) is 20.9 Å². The smallest absolute Gasteiger partial charge is 0.270 e. The molecule has 130 valence electrons. The topological polar surface area (TPSA) is 83.1 Å². The predicted molar refractivity (Wildman–Crippen MR) is 98.0 cm³/mol. The van der Waals surface area contributed by atoms with E-state index < -0.39 is 0 Å². The van der Waals surface area contributed by atoms with E-state index in [0.29, 0.717) is 11.4 Å². The second-order valence-corrected chi connectivity index (χ2v) is 6.27. The Morgan fingerprint density at radius 2 is 1.76 bits per heavy atom. The lowest BCUT2D eigenvalue weighted by Gasteiger charge is -2.13. The van der Waals surface area contributed by atoms with Crippen molar-refractivity contribution in [2.45, 2.75) is 38.6 Å². The molecule has 0 radical (unpaired) electrons. The summed E-state index contributed by atoms with van der Waals surface area (Å²) in [6, 6.07) is 11.2. The molecule has 0 bridgehead atoms. The van der Waals surface area contributed by atoms with Crippen LogP contribution in [-0.2, 0) is 4.79 Å². The maximum atomic E-state index is 12.3. The van der Waals surface area contributed by atoms with Crippen LogP contribution in [0.1, 0.15) is 43.1 Å². The largest absolute Gasteiger partial charge is 0.355 e. The Bertz CT molecular complexity index is 770. The van der Waals surface area contributed by atoms with Crippen molar-refractivity contribution >= 4 is 28.9 Å².